The number of para-hydroxylation sites is 1. The summed E-state index contributed by atoms with van der Waals surface area (Å²) in [7, 11) is 0. The molecular formula is C24H26N4O3. The number of carbonyl (C=O) groups is 2. The van der Waals surface area contributed by atoms with Crippen molar-refractivity contribution in [3.8, 4) is 5.75 Å². The van der Waals surface area contributed by atoms with Gasteiger partial charge in [0.2, 0.25) is 5.91 Å². The molecule has 2 heterocycles. The van der Waals surface area contributed by atoms with E-state index in [1.54, 1.807) is 24.3 Å². The summed E-state index contributed by atoms with van der Waals surface area (Å²) in [5.41, 5.74) is 6.93. The van der Waals surface area contributed by atoms with Crippen molar-refractivity contribution < 1.29 is 14.3 Å². The minimum atomic E-state index is -0.511. The number of fused-ring (bicyclic) bond motifs is 1. The number of aromatic nitrogens is 1. The van der Waals surface area contributed by atoms with Crippen LogP contribution in [0.2, 0.25) is 0 Å². The molecule has 7 heteroatoms. The Labute approximate surface area is 181 Å². The molecule has 1 fully saturated rings. The highest BCUT2D eigenvalue weighted by Gasteiger charge is 2.18. The van der Waals surface area contributed by atoms with E-state index < -0.39 is 5.91 Å². The van der Waals surface area contributed by atoms with Crippen LogP contribution in [-0.2, 0) is 4.79 Å². The van der Waals surface area contributed by atoms with Gasteiger partial charge in [-0.2, -0.15) is 0 Å². The highest BCUT2D eigenvalue weighted by Crippen LogP contribution is 2.28. The fraction of sp³-hybridized carbons (Fsp3) is 0.292. The number of anilines is 2. The molecule has 4 rings (SSSR count). The zero-order valence-electron chi connectivity index (χ0n) is 17.5. The normalized spacial score (nSPS) is 14.4. The molecule has 0 atom stereocenters. The molecule has 31 heavy (non-hydrogen) atoms. The number of primary amides is 1. The van der Waals surface area contributed by atoms with Gasteiger partial charge >= 0.3 is 0 Å². The second-order valence-corrected chi connectivity index (χ2v) is 7.95. The molecule has 3 aromatic rings. The van der Waals surface area contributed by atoms with Crippen molar-refractivity contribution in [1.82, 2.24) is 4.98 Å². The number of piperidine rings is 1. The smallest absolute Gasteiger partial charge is 0.262 e. The summed E-state index contributed by atoms with van der Waals surface area (Å²) in [4.78, 5) is 30.6. The summed E-state index contributed by atoms with van der Waals surface area (Å²) < 4.78 is 5.81. The van der Waals surface area contributed by atoms with E-state index in [0.29, 0.717) is 17.0 Å². The minimum absolute atomic E-state index is 0.149. The number of ether oxygens (including phenoxy) is 1. The lowest BCUT2D eigenvalue weighted by molar-refractivity contribution is -0.118. The first kappa shape index (κ1) is 20.7. The molecular weight excluding hydrogens is 392 g/mol. The molecule has 0 bridgehead atoms. The fourth-order valence-corrected chi connectivity index (χ4v) is 3.70. The number of nitrogens with one attached hydrogen (secondary N) is 1. The standard InChI is InChI=1S/C24H26N4O3/c1-16-11-13-28(14-12-16)21-10-7-17-3-2-4-20(23(17)27-21)31-15-22(29)26-19-8-5-18(6-9-19)24(25)30/h2-10,16H,11-15H2,1H3,(H2,25,30)(H,26,29). The molecule has 0 saturated carbocycles. The Morgan fingerprint density at radius 1 is 1.10 bits per heavy atom. The number of nitrogens with zero attached hydrogens (tertiary/aromatic N) is 2. The van der Waals surface area contributed by atoms with Crippen molar-refractivity contribution in [2.45, 2.75) is 19.8 Å². The molecule has 0 unspecified atom stereocenters. The lowest BCUT2D eigenvalue weighted by Crippen LogP contribution is -2.33. The lowest BCUT2D eigenvalue weighted by Gasteiger charge is -2.31. The zero-order valence-corrected chi connectivity index (χ0v) is 17.5. The molecule has 1 aromatic heterocycles. The second kappa shape index (κ2) is 9.04. The first-order valence-corrected chi connectivity index (χ1v) is 10.5. The number of nitrogens with two attached hydrogens (primary N) is 1. The monoisotopic (exact) mass is 418 g/mol. The number of rotatable bonds is 6. The van der Waals surface area contributed by atoms with Gasteiger partial charge in [-0.3, -0.25) is 9.59 Å². The molecule has 7 nitrogen and oxygen atoms in total. The van der Waals surface area contributed by atoms with Crippen molar-refractivity contribution >= 4 is 34.2 Å². The third kappa shape index (κ3) is 4.94. The minimum Gasteiger partial charge on any atom is -0.481 e. The largest absolute Gasteiger partial charge is 0.481 e. The quantitative estimate of drug-likeness (QED) is 0.638. The maximum atomic E-state index is 12.3. The maximum absolute atomic E-state index is 12.3. The van der Waals surface area contributed by atoms with E-state index in [1.165, 1.54) is 12.8 Å². The highest BCUT2D eigenvalue weighted by molar-refractivity contribution is 5.95. The first-order valence-electron chi connectivity index (χ1n) is 10.5. The van der Waals surface area contributed by atoms with Crippen LogP contribution >= 0.6 is 0 Å². The van der Waals surface area contributed by atoms with Gasteiger partial charge in [0.1, 0.15) is 17.1 Å². The van der Waals surface area contributed by atoms with Gasteiger partial charge < -0.3 is 20.7 Å². The van der Waals surface area contributed by atoms with Crippen molar-refractivity contribution in [2.24, 2.45) is 11.7 Å². The predicted molar refractivity (Wildman–Crippen MR) is 121 cm³/mol. The van der Waals surface area contributed by atoms with Crippen LogP contribution in [0.5, 0.6) is 5.75 Å². The molecule has 1 aliphatic rings. The molecule has 3 N–H and O–H groups in total. The van der Waals surface area contributed by atoms with E-state index in [4.69, 9.17) is 15.5 Å². The van der Waals surface area contributed by atoms with Gasteiger partial charge in [0, 0.05) is 29.7 Å². The lowest BCUT2D eigenvalue weighted by atomic mass is 9.99. The van der Waals surface area contributed by atoms with Crippen molar-refractivity contribution in [3.63, 3.8) is 0 Å². The molecule has 1 saturated heterocycles. The number of carbonyl (C=O) groups excluding carboxylic acids is 2. The van der Waals surface area contributed by atoms with Crippen LogP contribution in [0.4, 0.5) is 11.5 Å². The summed E-state index contributed by atoms with van der Waals surface area (Å²) in [5, 5.41) is 3.72. The molecule has 0 aliphatic carbocycles. The average Bonchev–Trinajstić information content (AvgIpc) is 2.78. The zero-order chi connectivity index (χ0) is 21.8. The van der Waals surface area contributed by atoms with Crippen LogP contribution in [0.25, 0.3) is 10.9 Å². The van der Waals surface area contributed by atoms with Crippen molar-refractivity contribution in [2.75, 3.05) is 29.9 Å². The van der Waals surface area contributed by atoms with Crippen LogP contribution < -0.4 is 20.7 Å². The third-order valence-corrected chi connectivity index (χ3v) is 5.59. The van der Waals surface area contributed by atoms with Crippen LogP contribution in [0, 0.1) is 5.92 Å². The Morgan fingerprint density at radius 3 is 2.55 bits per heavy atom. The van der Waals surface area contributed by atoms with E-state index >= 15 is 0 Å². The van der Waals surface area contributed by atoms with Gasteiger partial charge in [-0.05, 0) is 61.2 Å². The maximum Gasteiger partial charge on any atom is 0.262 e. The number of hydrogen-bond donors (Lipinski definition) is 2. The molecule has 0 radical (unpaired) electrons. The average molecular weight is 418 g/mol. The Balaban J connectivity index is 1.44. The Hall–Kier alpha value is -3.61. The Morgan fingerprint density at radius 2 is 1.84 bits per heavy atom. The Kier molecular flexibility index (Phi) is 6.02. The van der Waals surface area contributed by atoms with E-state index in [9.17, 15) is 9.59 Å². The number of benzene rings is 2. The summed E-state index contributed by atoms with van der Waals surface area (Å²) >= 11 is 0. The van der Waals surface area contributed by atoms with E-state index in [2.05, 4.69) is 17.1 Å². The summed E-state index contributed by atoms with van der Waals surface area (Å²) in [6, 6.07) is 16.2. The number of pyridine rings is 1. The second-order valence-electron chi connectivity index (χ2n) is 7.95. The van der Waals surface area contributed by atoms with Crippen LogP contribution in [-0.4, -0.2) is 36.5 Å². The van der Waals surface area contributed by atoms with E-state index in [0.717, 1.165) is 35.7 Å². The molecule has 0 spiro atoms. The van der Waals surface area contributed by atoms with Gasteiger partial charge in [0.25, 0.3) is 5.91 Å². The van der Waals surface area contributed by atoms with Gasteiger partial charge in [0.05, 0.1) is 0 Å². The molecule has 160 valence electrons. The van der Waals surface area contributed by atoms with E-state index in [-0.39, 0.29) is 12.5 Å². The molecule has 1 aliphatic heterocycles. The fourth-order valence-electron chi connectivity index (χ4n) is 3.70. The van der Waals surface area contributed by atoms with E-state index in [1.807, 2.05) is 30.3 Å². The predicted octanol–water partition coefficient (Wildman–Crippen LogP) is 3.59. The SMILES string of the molecule is CC1CCN(c2ccc3cccc(OCC(=O)Nc4ccc(C(N)=O)cc4)c3n2)CC1. The van der Waals surface area contributed by atoms with Crippen LogP contribution in [0.3, 0.4) is 0 Å². The summed E-state index contributed by atoms with van der Waals surface area (Å²) in [6.45, 7) is 4.14. The van der Waals surface area contributed by atoms with Gasteiger partial charge in [-0.15, -0.1) is 0 Å². The van der Waals surface area contributed by atoms with Gasteiger partial charge in [-0.1, -0.05) is 19.1 Å². The Bertz CT molecular complexity index is 1090. The highest BCUT2D eigenvalue weighted by atomic mass is 16.5. The molecule has 2 aromatic carbocycles. The van der Waals surface area contributed by atoms with Gasteiger partial charge in [0.15, 0.2) is 6.61 Å². The molecule has 2 amide bonds. The van der Waals surface area contributed by atoms with Crippen molar-refractivity contribution in [3.05, 3.63) is 60.2 Å². The van der Waals surface area contributed by atoms with Crippen LogP contribution in [0.15, 0.2) is 54.6 Å². The van der Waals surface area contributed by atoms with Crippen LogP contribution in [0.1, 0.15) is 30.1 Å². The topological polar surface area (TPSA) is 97.5 Å². The number of hydrogen-bond acceptors (Lipinski definition) is 5. The number of amides is 2. The third-order valence-electron chi connectivity index (χ3n) is 5.59. The first-order chi connectivity index (χ1) is 15.0. The van der Waals surface area contributed by atoms with Gasteiger partial charge in [-0.25, -0.2) is 4.98 Å². The summed E-state index contributed by atoms with van der Waals surface area (Å²) in [6.07, 6.45) is 2.33. The van der Waals surface area contributed by atoms with Crippen molar-refractivity contribution in [1.29, 1.82) is 0 Å². The summed E-state index contributed by atoms with van der Waals surface area (Å²) in [5.74, 6) is 1.45.